The van der Waals surface area contributed by atoms with Crippen LogP contribution < -0.4 is 5.32 Å². The average molecular weight is 271 g/mol. The number of carbonyl (C=O) groups excluding carboxylic acids is 1. The van der Waals surface area contributed by atoms with Crippen molar-refractivity contribution < 1.29 is 24.6 Å². The Morgan fingerprint density at radius 3 is 2.17 bits per heavy atom. The lowest BCUT2D eigenvalue weighted by Crippen LogP contribution is -2.41. The zero-order valence-corrected chi connectivity index (χ0v) is 12.3. The summed E-state index contributed by atoms with van der Waals surface area (Å²) in [6.45, 7) is 1.27. The molecule has 1 aromatic carbocycles. The van der Waals surface area contributed by atoms with Crippen LogP contribution in [0.1, 0.15) is 12.5 Å². The number of phenolic OH excluding ortho intramolecular Hbond substituents is 1. The van der Waals surface area contributed by atoms with Crippen molar-refractivity contribution in [1.29, 1.82) is 0 Å². The van der Waals surface area contributed by atoms with E-state index in [0.29, 0.717) is 10.5 Å². The number of rotatable bonds is 4. The highest BCUT2D eigenvalue weighted by Gasteiger charge is 2.18. The summed E-state index contributed by atoms with van der Waals surface area (Å²) < 4.78 is 0. The molecular weight excluding hydrogens is 254 g/mol. The highest BCUT2D eigenvalue weighted by atomic mass is 28.2. The number of hydrogen-bond donors (Lipinski definition) is 4. The van der Waals surface area contributed by atoms with Crippen molar-refractivity contribution in [2.75, 3.05) is 0 Å². The summed E-state index contributed by atoms with van der Waals surface area (Å²) >= 11 is 0. The number of carboxylic acids is 1. The third kappa shape index (κ3) is 6.02. The molecule has 4 N–H and O–H groups in total. The van der Waals surface area contributed by atoms with Gasteiger partial charge < -0.3 is 20.3 Å². The molecule has 0 saturated heterocycles. The van der Waals surface area contributed by atoms with Crippen molar-refractivity contribution in [2.24, 2.45) is 0 Å². The van der Waals surface area contributed by atoms with E-state index >= 15 is 0 Å². The van der Waals surface area contributed by atoms with E-state index in [1.165, 1.54) is 19.1 Å². The Morgan fingerprint density at radius 1 is 1.28 bits per heavy atom. The van der Waals surface area contributed by atoms with Crippen LogP contribution in [0, 0.1) is 0 Å². The molecule has 0 aromatic heterocycles. The van der Waals surface area contributed by atoms with Gasteiger partial charge in [-0.25, -0.2) is 4.79 Å². The molecule has 100 valence electrons. The van der Waals surface area contributed by atoms with Crippen LogP contribution in [-0.4, -0.2) is 43.4 Å². The van der Waals surface area contributed by atoms with Gasteiger partial charge in [-0.3, -0.25) is 4.79 Å². The van der Waals surface area contributed by atoms with E-state index in [9.17, 15) is 9.59 Å². The number of nitrogens with one attached hydrogen (secondary N) is 1. The molecule has 1 atom stereocenters. The van der Waals surface area contributed by atoms with Crippen LogP contribution in [0.25, 0.3) is 0 Å². The number of phenols is 1. The predicted octanol–water partition coefficient (Wildman–Crippen LogP) is -1.22. The summed E-state index contributed by atoms with van der Waals surface area (Å²) in [5.41, 5.74) is 0.735. The maximum atomic E-state index is 10.8. The molecule has 0 bridgehead atoms. The number of aliphatic carboxylic acids is 1. The molecule has 1 aromatic rings. The van der Waals surface area contributed by atoms with Gasteiger partial charge in [0.15, 0.2) is 0 Å². The second-order valence-electron chi connectivity index (χ2n) is 3.46. The fourth-order valence-electron chi connectivity index (χ4n) is 1.31. The van der Waals surface area contributed by atoms with Crippen molar-refractivity contribution >= 4 is 22.4 Å². The summed E-state index contributed by atoms with van der Waals surface area (Å²) in [6.07, 6.45) is 0.190. The largest absolute Gasteiger partial charge is 0.508 e. The standard InChI is InChI=1S/C11H13NO4.H4OSi/c1-7(13)12-10(11(15)16)6-8-2-4-9(14)5-3-8;1-2/h2-5,10,14H,6H2,1H3,(H,12,13)(H,15,16);1H,2H3. The minimum absolute atomic E-state index is 0.121. The third-order valence-corrected chi connectivity index (χ3v) is 2.05. The third-order valence-electron chi connectivity index (χ3n) is 2.05. The first-order chi connectivity index (χ1) is 8.49. The van der Waals surface area contributed by atoms with Crippen molar-refractivity contribution in [3.63, 3.8) is 0 Å². The van der Waals surface area contributed by atoms with Gasteiger partial charge in [-0.05, 0) is 17.7 Å². The number of benzene rings is 1. The zero-order valence-electron chi connectivity index (χ0n) is 10.3. The lowest BCUT2D eigenvalue weighted by molar-refractivity contribution is -0.141. The van der Waals surface area contributed by atoms with E-state index < -0.39 is 12.0 Å². The number of amides is 1. The summed E-state index contributed by atoms with van der Waals surface area (Å²) in [5.74, 6) is -1.34. The number of hydrogen-bond acceptors (Lipinski definition) is 4. The van der Waals surface area contributed by atoms with Gasteiger partial charge in [0.05, 0.1) is 0 Å². The molecule has 7 heteroatoms. The van der Waals surface area contributed by atoms with Gasteiger partial charge in [-0.2, -0.15) is 0 Å². The molecule has 1 rings (SSSR count). The number of aromatic hydroxyl groups is 1. The van der Waals surface area contributed by atoms with Crippen LogP contribution in [0.2, 0.25) is 0 Å². The lowest BCUT2D eigenvalue weighted by Gasteiger charge is -2.13. The molecule has 18 heavy (non-hydrogen) atoms. The van der Waals surface area contributed by atoms with Gasteiger partial charge in [0, 0.05) is 13.3 Å². The normalized spacial score (nSPS) is 11.0. The quantitative estimate of drug-likeness (QED) is 0.514. The van der Waals surface area contributed by atoms with Crippen LogP contribution in [0.15, 0.2) is 24.3 Å². The molecule has 0 fully saturated rings. The maximum absolute atomic E-state index is 10.8. The molecule has 0 saturated carbocycles. The molecule has 1 amide bonds. The van der Waals surface area contributed by atoms with Crippen molar-refractivity contribution in [1.82, 2.24) is 5.32 Å². The van der Waals surface area contributed by atoms with Gasteiger partial charge >= 0.3 is 5.97 Å². The first-order valence-electron chi connectivity index (χ1n) is 5.21. The van der Waals surface area contributed by atoms with Crippen molar-refractivity contribution in [2.45, 2.75) is 19.4 Å². The van der Waals surface area contributed by atoms with E-state index in [1.807, 2.05) is 0 Å². The first kappa shape index (κ1) is 16.1. The average Bonchev–Trinajstić information content (AvgIpc) is 2.33. The molecule has 0 heterocycles. The zero-order chi connectivity index (χ0) is 14.1. The molecular formula is C11H17NO5Si. The van der Waals surface area contributed by atoms with E-state index in [-0.39, 0.29) is 18.1 Å². The molecule has 0 aliphatic carbocycles. The highest BCUT2D eigenvalue weighted by molar-refractivity contribution is 5.95. The topological polar surface area (TPSA) is 107 Å². The minimum Gasteiger partial charge on any atom is -0.508 e. The highest BCUT2D eigenvalue weighted by Crippen LogP contribution is 2.11. The molecule has 0 radical (unpaired) electrons. The van der Waals surface area contributed by atoms with E-state index in [2.05, 4.69) is 5.32 Å². The molecule has 0 spiro atoms. The van der Waals surface area contributed by atoms with Crippen LogP contribution in [0.4, 0.5) is 0 Å². The second kappa shape index (κ2) is 8.26. The maximum Gasteiger partial charge on any atom is 0.326 e. The molecule has 6 nitrogen and oxygen atoms in total. The molecule has 0 aliphatic rings. The van der Waals surface area contributed by atoms with E-state index in [1.54, 1.807) is 12.1 Å². The minimum atomic E-state index is -1.08. The lowest BCUT2D eigenvalue weighted by atomic mass is 10.1. The number of carboxylic acid groups (broad SMARTS) is 1. The van der Waals surface area contributed by atoms with Crippen LogP contribution in [0.3, 0.4) is 0 Å². The summed E-state index contributed by atoms with van der Waals surface area (Å²) in [6, 6.07) is 5.24. The fourth-order valence-corrected chi connectivity index (χ4v) is 1.31. The Labute approximate surface area is 108 Å². The summed E-state index contributed by atoms with van der Waals surface area (Å²) in [7, 11) is 0.306. The van der Waals surface area contributed by atoms with Gasteiger partial charge in [-0.15, -0.1) is 0 Å². The first-order valence-corrected chi connectivity index (χ1v) is 6.11. The Morgan fingerprint density at radius 2 is 1.78 bits per heavy atom. The van der Waals surface area contributed by atoms with Crippen LogP contribution in [-0.2, 0) is 16.0 Å². The SMILES string of the molecule is CC(=O)NC(Cc1ccc(O)cc1)C(=O)O.O[SiH3]. The summed E-state index contributed by atoms with van der Waals surface area (Å²) in [4.78, 5) is 28.8. The van der Waals surface area contributed by atoms with Gasteiger partial charge in [-0.1, -0.05) is 12.1 Å². The molecule has 0 aliphatic heterocycles. The fraction of sp³-hybridized carbons (Fsp3) is 0.273. The monoisotopic (exact) mass is 271 g/mol. The van der Waals surface area contributed by atoms with Crippen molar-refractivity contribution in [3.05, 3.63) is 29.8 Å². The Balaban J connectivity index is 0.00000137. The van der Waals surface area contributed by atoms with Gasteiger partial charge in [0.25, 0.3) is 0 Å². The van der Waals surface area contributed by atoms with Gasteiger partial charge in [0.2, 0.25) is 5.91 Å². The van der Waals surface area contributed by atoms with Crippen molar-refractivity contribution in [3.8, 4) is 5.75 Å². The van der Waals surface area contributed by atoms with E-state index in [4.69, 9.17) is 15.0 Å². The Kier molecular flexibility index (Phi) is 7.41. The smallest absolute Gasteiger partial charge is 0.326 e. The van der Waals surface area contributed by atoms with Crippen LogP contribution in [0.5, 0.6) is 5.75 Å². The summed E-state index contributed by atoms with van der Waals surface area (Å²) in [5, 5.41) is 20.3. The Bertz CT molecular complexity index is 393. The Hall–Kier alpha value is -1.86. The number of carbonyl (C=O) groups is 2. The van der Waals surface area contributed by atoms with Gasteiger partial charge in [0.1, 0.15) is 22.3 Å². The second-order valence-corrected chi connectivity index (χ2v) is 3.46. The van der Waals surface area contributed by atoms with E-state index in [0.717, 1.165) is 5.56 Å². The van der Waals surface area contributed by atoms with Crippen LogP contribution >= 0.6 is 0 Å². The predicted molar refractivity (Wildman–Crippen MR) is 69.2 cm³/mol. The molecule has 1 unspecified atom stereocenters.